The second kappa shape index (κ2) is 7.38. The van der Waals surface area contributed by atoms with Crippen molar-refractivity contribution in [2.75, 3.05) is 12.3 Å². The monoisotopic (exact) mass is 199 g/mol. The first-order valence-electron chi connectivity index (χ1n) is 5.08. The third-order valence-corrected chi connectivity index (χ3v) is 1.42. The number of rotatable bonds is 4. The highest BCUT2D eigenvalue weighted by molar-refractivity contribution is 5.30. The van der Waals surface area contributed by atoms with Crippen molar-refractivity contribution in [1.29, 1.82) is 0 Å². The summed E-state index contributed by atoms with van der Waals surface area (Å²) in [7, 11) is 0. The summed E-state index contributed by atoms with van der Waals surface area (Å²) in [6.07, 6.45) is 3.71. The molecule has 0 aliphatic carbocycles. The molecular weight excluding hydrogens is 178 g/mol. The Morgan fingerprint density at radius 2 is 2.14 bits per heavy atom. The predicted octanol–water partition coefficient (Wildman–Crippen LogP) is 1.92. The molecule has 0 aliphatic rings. The lowest BCUT2D eigenvalue weighted by molar-refractivity contribution is 0.0710. The standard InChI is InChI=1S/C8H15N3O.C2H6/c1-7(2)12-4-3-11-6-8(9)5-10-11;1-2/h5-7H,3-4,9H2,1-2H3;1-2H3. The molecule has 0 saturated carbocycles. The highest BCUT2D eigenvalue weighted by atomic mass is 16.5. The van der Waals surface area contributed by atoms with E-state index >= 15 is 0 Å². The van der Waals surface area contributed by atoms with Gasteiger partial charge in [0.05, 0.1) is 31.1 Å². The lowest BCUT2D eigenvalue weighted by atomic mass is 10.5. The van der Waals surface area contributed by atoms with Gasteiger partial charge in [0.15, 0.2) is 0 Å². The summed E-state index contributed by atoms with van der Waals surface area (Å²) in [6.45, 7) is 9.46. The molecule has 0 amide bonds. The molecule has 4 nitrogen and oxygen atoms in total. The van der Waals surface area contributed by atoms with Gasteiger partial charge in [-0.3, -0.25) is 4.68 Å². The zero-order valence-electron chi connectivity index (χ0n) is 9.53. The molecule has 1 rings (SSSR count). The Morgan fingerprint density at radius 1 is 1.50 bits per heavy atom. The van der Waals surface area contributed by atoms with Gasteiger partial charge in [0, 0.05) is 6.20 Å². The smallest absolute Gasteiger partial charge is 0.0719 e. The Labute approximate surface area is 86.1 Å². The first-order chi connectivity index (χ1) is 6.68. The molecule has 0 atom stereocenters. The van der Waals surface area contributed by atoms with Crippen LogP contribution in [0.15, 0.2) is 12.4 Å². The second-order valence-electron chi connectivity index (χ2n) is 2.96. The van der Waals surface area contributed by atoms with E-state index in [0.717, 1.165) is 6.54 Å². The first-order valence-corrected chi connectivity index (χ1v) is 5.08. The number of aromatic nitrogens is 2. The number of nitrogens with zero attached hydrogens (tertiary/aromatic N) is 2. The Morgan fingerprint density at radius 3 is 2.57 bits per heavy atom. The van der Waals surface area contributed by atoms with E-state index in [4.69, 9.17) is 10.5 Å². The van der Waals surface area contributed by atoms with Crippen LogP contribution in [0.25, 0.3) is 0 Å². The Kier molecular flexibility index (Phi) is 6.84. The van der Waals surface area contributed by atoms with Gasteiger partial charge in [-0.15, -0.1) is 0 Å². The number of anilines is 1. The molecule has 0 fully saturated rings. The zero-order chi connectivity index (χ0) is 11.0. The largest absolute Gasteiger partial charge is 0.396 e. The highest BCUT2D eigenvalue weighted by Crippen LogP contribution is 1.97. The molecule has 0 saturated heterocycles. The van der Waals surface area contributed by atoms with Crippen molar-refractivity contribution >= 4 is 5.69 Å². The van der Waals surface area contributed by atoms with Crippen LogP contribution in [-0.2, 0) is 11.3 Å². The van der Waals surface area contributed by atoms with E-state index in [1.165, 1.54) is 0 Å². The molecule has 14 heavy (non-hydrogen) atoms. The Bertz CT molecular complexity index is 233. The van der Waals surface area contributed by atoms with Crippen LogP contribution in [0.2, 0.25) is 0 Å². The molecule has 0 unspecified atom stereocenters. The molecule has 82 valence electrons. The van der Waals surface area contributed by atoms with Gasteiger partial charge in [-0.2, -0.15) is 5.10 Å². The van der Waals surface area contributed by atoms with Crippen LogP contribution in [0.1, 0.15) is 27.7 Å². The van der Waals surface area contributed by atoms with Crippen LogP contribution in [0.3, 0.4) is 0 Å². The SMILES string of the molecule is CC.CC(C)OCCn1cc(N)cn1. The summed E-state index contributed by atoms with van der Waals surface area (Å²) in [4.78, 5) is 0. The lowest BCUT2D eigenvalue weighted by Gasteiger charge is -2.06. The van der Waals surface area contributed by atoms with Gasteiger partial charge >= 0.3 is 0 Å². The Hall–Kier alpha value is -1.03. The molecule has 1 aromatic heterocycles. The summed E-state index contributed by atoms with van der Waals surface area (Å²) in [6, 6.07) is 0. The van der Waals surface area contributed by atoms with Crippen molar-refractivity contribution in [2.45, 2.75) is 40.3 Å². The summed E-state index contributed by atoms with van der Waals surface area (Å²) >= 11 is 0. The van der Waals surface area contributed by atoms with Gasteiger partial charge in [-0.05, 0) is 13.8 Å². The summed E-state index contributed by atoms with van der Waals surface area (Å²) in [5.74, 6) is 0. The number of hydrogen-bond acceptors (Lipinski definition) is 3. The average molecular weight is 199 g/mol. The predicted molar refractivity (Wildman–Crippen MR) is 59.1 cm³/mol. The zero-order valence-corrected chi connectivity index (χ0v) is 9.53. The van der Waals surface area contributed by atoms with Gasteiger partial charge in [0.1, 0.15) is 0 Å². The van der Waals surface area contributed by atoms with Crippen LogP contribution in [-0.4, -0.2) is 22.5 Å². The van der Waals surface area contributed by atoms with E-state index in [2.05, 4.69) is 5.10 Å². The van der Waals surface area contributed by atoms with E-state index < -0.39 is 0 Å². The molecule has 0 radical (unpaired) electrons. The maximum absolute atomic E-state index is 5.49. The van der Waals surface area contributed by atoms with Crippen LogP contribution in [0.4, 0.5) is 5.69 Å². The molecule has 4 heteroatoms. The molecule has 2 N–H and O–H groups in total. The fourth-order valence-electron chi connectivity index (χ4n) is 0.884. The van der Waals surface area contributed by atoms with Crippen LogP contribution in [0.5, 0.6) is 0 Å². The number of nitrogen functional groups attached to an aromatic ring is 1. The molecule has 0 aliphatic heterocycles. The van der Waals surface area contributed by atoms with Crippen molar-refractivity contribution in [2.24, 2.45) is 0 Å². The van der Waals surface area contributed by atoms with Crippen molar-refractivity contribution in [3.63, 3.8) is 0 Å². The van der Waals surface area contributed by atoms with Crippen LogP contribution >= 0.6 is 0 Å². The molecule has 0 aromatic carbocycles. The minimum absolute atomic E-state index is 0.276. The molecule has 1 aromatic rings. The van der Waals surface area contributed by atoms with Crippen molar-refractivity contribution in [3.8, 4) is 0 Å². The molecule has 0 bridgehead atoms. The number of hydrogen-bond donors (Lipinski definition) is 1. The van der Waals surface area contributed by atoms with E-state index in [-0.39, 0.29) is 6.10 Å². The fourth-order valence-corrected chi connectivity index (χ4v) is 0.884. The van der Waals surface area contributed by atoms with E-state index in [0.29, 0.717) is 12.3 Å². The average Bonchev–Trinajstić information content (AvgIpc) is 2.54. The van der Waals surface area contributed by atoms with Crippen molar-refractivity contribution in [1.82, 2.24) is 9.78 Å². The van der Waals surface area contributed by atoms with Crippen LogP contribution in [0, 0.1) is 0 Å². The summed E-state index contributed by atoms with van der Waals surface area (Å²) in [5.41, 5.74) is 6.18. The Balaban J connectivity index is 0.000000791. The van der Waals surface area contributed by atoms with Gasteiger partial charge < -0.3 is 10.5 Å². The minimum Gasteiger partial charge on any atom is -0.396 e. The molecule has 1 heterocycles. The normalized spacial score (nSPS) is 9.79. The third kappa shape index (κ3) is 5.59. The quantitative estimate of drug-likeness (QED) is 0.806. The topological polar surface area (TPSA) is 53.1 Å². The third-order valence-electron chi connectivity index (χ3n) is 1.42. The van der Waals surface area contributed by atoms with Crippen LogP contribution < -0.4 is 5.73 Å². The van der Waals surface area contributed by atoms with Gasteiger partial charge in [0.2, 0.25) is 0 Å². The maximum atomic E-state index is 5.49. The van der Waals surface area contributed by atoms with Gasteiger partial charge in [-0.1, -0.05) is 13.8 Å². The molecular formula is C10H21N3O. The fraction of sp³-hybridized carbons (Fsp3) is 0.700. The van der Waals surface area contributed by atoms with E-state index in [1.807, 2.05) is 27.7 Å². The van der Waals surface area contributed by atoms with Crippen molar-refractivity contribution in [3.05, 3.63) is 12.4 Å². The van der Waals surface area contributed by atoms with Crippen molar-refractivity contribution < 1.29 is 4.74 Å². The first kappa shape index (κ1) is 13.0. The summed E-state index contributed by atoms with van der Waals surface area (Å²) in [5, 5.41) is 4.02. The van der Waals surface area contributed by atoms with E-state index in [9.17, 15) is 0 Å². The lowest BCUT2D eigenvalue weighted by Crippen LogP contribution is -2.10. The second-order valence-corrected chi connectivity index (χ2v) is 2.96. The molecule has 0 spiro atoms. The summed E-state index contributed by atoms with van der Waals surface area (Å²) < 4.78 is 7.13. The number of nitrogens with two attached hydrogens (primary N) is 1. The maximum Gasteiger partial charge on any atom is 0.0719 e. The van der Waals surface area contributed by atoms with Gasteiger partial charge in [-0.25, -0.2) is 0 Å². The minimum atomic E-state index is 0.276. The van der Waals surface area contributed by atoms with E-state index in [1.54, 1.807) is 17.1 Å². The van der Waals surface area contributed by atoms with Gasteiger partial charge in [0.25, 0.3) is 0 Å². The number of ether oxygens (including phenoxy) is 1. The highest BCUT2D eigenvalue weighted by Gasteiger charge is 1.95.